The number of anilines is 2. The van der Waals surface area contributed by atoms with Crippen LogP contribution in [0.1, 0.15) is 38.8 Å². The monoisotopic (exact) mass is 544 g/mol. The van der Waals surface area contributed by atoms with E-state index in [-0.39, 0.29) is 17.5 Å². The number of hydrogen-bond acceptors (Lipinski definition) is 4. The number of allylic oxidation sites excluding steroid dienone is 1. The van der Waals surface area contributed by atoms with E-state index in [1.165, 1.54) is 0 Å². The topological polar surface area (TPSA) is 66.5 Å². The molecule has 4 atom stereocenters. The van der Waals surface area contributed by atoms with Gasteiger partial charge in [0.15, 0.2) is 11.6 Å². The molecule has 1 spiro atoms. The first-order chi connectivity index (χ1) is 19.4. The smallest absolute Gasteiger partial charge is 0.238 e. The molecule has 0 bridgehead atoms. The number of carbonyl (C=O) groups is 3. The number of ketones is 2. The average Bonchev–Trinajstić information content (AvgIpc) is 3.45. The second-order valence-corrected chi connectivity index (χ2v) is 11.0. The molecule has 0 aliphatic carbocycles. The van der Waals surface area contributed by atoms with Crippen molar-refractivity contribution in [1.29, 1.82) is 0 Å². The van der Waals surface area contributed by atoms with Crippen LogP contribution in [0.25, 0.3) is 5.57 Å². The van der Waals surface area contributed by atoms with Gasteiger partial charge < -0.3 is 10.2 Å². The van der Waals surface area contributed by atoms with Gasteiger partial charge in [0.25, 0.3) is 0 Å². The van der Waals surface area contributed by atoms with Gasteiger partial charge in [-0.25, -0.2) is 0 Å². The zero-order chi connectivity index (χ0) is 27.6. The summed E-state index contributed by atoms with van der Waals surface area (Å²) in [4.78, 5) is 45.7. The number of Topliss-reactive ketones (excluding diaryl/α,β-unsaturated/α-hetero) is 2. The maximum Gasteiger partial charge on any atom is 0.238 e. The Morgan fingerprint density at radius 1 is 0.800 bits per heavy atom. The maximum atomic E-state index is 14.7. The van der Waals surface area contributed by atoms with Gasteiger partial charge in [-0.05, 0) is 54.5 Å². The highest BCUT2D eigenvalue weighted by Gasteiger charge is 2.70. The van der Waals surface area contributed by atoms with Crippen LogP contribution >= 0.6 is 11.6 Å². The number of nitrogens with one attached hydrogen (secondary N) is 1. The highest BCUT2D eigenvalue weighted by Crippen LogP contribution is 2.58. The fourth-order valence-electron chi connectivity index (χ4n) is 6.95. The molecule has 3 heterocycles. The van der Waals surface area contributed by atoms with Crippen molar-refractivity contribution in [2.24, 2.45) is 5.92 Å². The summed E-state index contributed by atoms with van der Waals surface area (Å²) in [5, 5.41) is 3.58. The molecule has 6 heteroatoms. The summed E-state index contributed by atoms with van der Waals surface area (Å²) >= 11 is 6.17. The standard InChI is InChI=1S/C34H25ClN2O3/c1-20-19-28-34(25-12-6-7-13-26(25)36-33(34)40)29(31(38)21-9-3-2-4-10-21)30(32(39)22-15-17-23(35)18-16-22)37(28)27-14-8-5-11-24(20)27/h2-19,28-30H,1H3,(H,36,40)/t28-,29-,30-,34-/m0/s1. The number of amides is 1. The van der Waals surface area contributed by atoms with Crippen LogP contribution in [-0.2, 0) is 10.2 Å². The third-order valence-corrected chi connectivity index (χ3v) is 8.87. The van der Waals surface area contributed by atoms with Crippen LogP contribution in [0.15, 0.2) is 109 Å². The normalized spacial score (nSPS) is 24.1. The molecule has 3 aliphatic rings. The van der Waals surface area contributed by atoms with E-state index in [2.05, 4.69) is 11.4 Å². The lowest BCUT2D eigenvalue weighted by Gasteiger charge is -2.39. The van der Waals surface area contributed by atoms with E-state index in [4.69, 9.17) is 11.6 Å². The van der Waals surface area contributed by atoms with Crippen molar-refractivity contribution < 1.29 is 14.4 Å². The zero-order valence-corrected chi connectivity index (χ0v) is 22.4. The van der Waals surface area contributed by atoms with Gasteiger partial charge in [-0.2, -0.15) is 0 Å². The first-order valence-electron chi connectivity index (χ1n) is 13.3. The Bertz CT molecular complexity index is 1730. The molecule has 196 valence electrons. The van der Waals surface area contributed by atoms with Crippen LogP contribution in [-0.4, -0.2) is 29.6 Å². The largest absolute Gasteiger partial charge is 0.352 e. The molecule has 0 radical (unpaired) electrons. The van der Waals surface area contributed by atoms with Gasteiger partial charge in [0, 0.05) is 33.1 Å². The molecule has 0 aromatic heterocycles. The molecule has 4 aromatic carbocycles. The van der Waals surface area contributed by atoms with Crippen LogP contribution < -0.4 is 10.2 Å². The molecule has 7 rings (SSSR count). The summed E-state index contributed by atoms with van der Waals surface area (Å²) in [6.45, 7) is 2.02. The van der Waals surface area contributed by atoms with Crippen LogP contribution in [0.4, 0.5) is 11.4 Å². The average molecular weight is 545 g/mol. The Labute approximate surface area is 237 Å². The third-order valence-electron chi connectivity index (χ3n) is 8.62. The van der Waals surface area contributed by atoms with Crippen molar-refractivity contribution in [3.63, 3.8) is 0 Å². The number of carbonyl (C=O) groups excluding carboxylic acids is 3. The summed E-state index contributed by atoms with van der Waals surface area (Å²) in [7, 11) is 0. The lowest BCUT2D eigenvalue weighted by atomic mass is 9.64. The first kappa shape index (κ1) is 24.6. The van der Waals surface area contributed by atoms with Gasteiger partial charge in [0.1, 0.15) is 11.5 Å². The minimum atomic E-state index is -1.33. The lowest BCUT2D eigenvalue weighted by molar-refractivity contribution is -0.121. The molecule has 40 heavy (non-hydrogen) atoms. The number of hydrogen-bond donors (Lipinski definition) is 1. The predicted molar refractivity (Wildman–Crippen MR) is 157 cm³/mol. The number of fused-ring (bicyclic) bond motifs is 6. The first-order valence-corrected chi connectivity index (χ1v) is 13.7. The molecular formula is C34H25ClN2O3. The molecule has 0 unspecified atom stereocenters. The van der Waals surface area contributed by atoms with Crippen molar-refractivity contribution in [2.45, 2.75) is 24.4 Å². The van der Waals surface area contributed by atoms with E-state index in [1.54, 1.807) is 48.5 Å². The SMILES string of the molecule is CC1=C[C@@H]2N(c3ccccc31)[C@H](C(=O)c1ccc(Cl)cc1)[C@@H](C(=O)c1ccccc1)[C@@]21C(=O)Nc2ccccc21. The summed E-state index contributed by atoms with van der Waals surface area (Å²) < 4.78 is 0. The zero-order valence-electron chi connectivity index (χ0n) is 21.7. The van der Waals surface area contributed by atoms with Gasteiger partial charge in [0.2, 0.25) is 5.91 Å². The Morgan fingerprint density at radius 3 is 2.23 bits per heavy atom. The molecule has 1 amide bonds. The fraction of sp³-hybridized carbons (Fsp3) is 0.147. The Hall–Kier alpha value is -4.48. The highest BCUT2D eigenvalue weighted by molar-refractivity contribution is 6.30. The van der Waals surface area contributed by atoms with Crippen molar-refractivity contribution in [2.75, 3.05) is 10.2 Å². The van der Waals surface area contributed by atoms with E-state index in [1.807, 2.05) is 66.4 Å². The quantitative estimate of drug-likeness (QED) is 0.294. The van der Waals surface area contributed by atoms with Crippen LogP contribution in [0.3, 0.4) is 0 Å². The van der Waals surface area contributed by atoms with Crippen LogP contribution in [0.2, 0.25) is 5.02 Å². The summed E-state index contributed by atoms with van der Waals surface area (Å²) in [6.07, 6.45) is 2.06. The van der Waals surface area contributed by atoms with Gasteiger partial charge in [0.05, 0.1) is 12.0 Å². The number of nitrogens with zero attached hydrogens (tertiary/aromatic N) is 1. The maximum absolute atomic E-state index is 14.7. The Morgan fingerprint density at radius 2 is 1.45 bits per heavy atom. The van der Waals surface area contributed by atoms with E-state index in [9.17, 15) is 14.4 Å². The van der Waals surface area contributed by atoms with Crippen LogP contribution in [0.5, 0.6) is 0 Å². The third kappa shape index (κ3) is 3.31. The summed E-state index contributed by atoms with van der Waals surface area (Å²) in [6, 6.07) is 29.6. The van der Waals surface area contributed by atoms with Crippen molar-refractivity contribution >= 4 is 46.0 Å². The molecule has 1 saturated heterocycles. The second-order valence-electron chi connectivity index (χ2n) is 10.6. The highest BCUT2D eigenvalue weighted by atomic mass is 35.5. The number of rotatable bonds is 4. The van der Waals surface area contributed by atoms with Gasteiger partial charge >= 0.3 is 0 Å². The van der Waals surface area contributed by atoms with Gasteiger partial charge in [-0.3, -0.25) is 14.4 Å². The van der Waals surface area contributed by atoms with E-state index in [0.29, 0.717) is 21.8 Å². The van der Waals surface area contributed by atoms with E-state index in [0.717, 1.165) is 22.4 Å². The van der Waals surface area contributed by atoms with Gasteiger partial charge in [-0.15, -0.1) is 0 Å². The van der Waals surface area contributed by atoms with E-state index < -0.39 is 23.4 Å². The van der Waals surface area contributed by atoms with Gasteiger partial charge in [-0.1, -0.05) is 84.4 Å². The molecule has 5 nitrogen and oxygen atoms in total. The van der Waals surface area contributed by atoms with E-state index >= 15 is 0 Å². The number of para-hydroxylation sites is 2. The summed E-state index contributed by atoms with van der Waals surface area (Å²) in [5.41, 5.74) is 3.78. The Kier molecular flexibility index (Phi) is 5.55. The number of halogens is 1. The molecule has 1 N–H and O–H groups in total. The predicted octanol–water partition coefficient (Wildman–Crippen LogP) is 6.59. The molecule has 1 fully saturated rings. The minimum absolute atomic E-state index is 0.229. The van der Waals surface area contributed by atoms with Crippen molar-refractivity contribution in [3.8, 4) is 0 Å². The minimum Gasteiger partial charge on any atom is -0.352 e. The molecule has 3 aliphatic heterocycles. The summed E-state index contributed by atoms with van der Waals surface area (Å²) in [5.74, 6) is -1.74. The molecule has 4 aromatic rings. The lowest BCUT2D eigenvalue weighted by Crippen LogP contribution is -2.51. The fourth-order valence-corrected chi connectivity index (χ4v) is 7.08. The Balaban J connectivity index is 1.56. The van der Waals surface area contributed by atoms with Crippen LogP contribution in [0, 0.1) is 5.92 Å². The molecular weight excluding hydrogens is 520 g/mol. The molecule has 0 saturated carbocycles. The second kappa shape index (κ2) is 9.04. The van der Waals surface area contributed by atoms with Crippen molar-refractivity contribution in [3.05, 3.63) is 136 Å². The number of benzene rings is 4. The van der Waals surface area contributed by atoms with Crippen molar-refractivity contribution in [1.82, 2.24) is 0 Å².